The largest absolute Gasteiger partial charge is 0.350 e. The normalized spacial score (nSPS) is 15.0. The number of nitrogens with one attached hydrogen (secondary N) is 1. The number of nitrogens with zero attached hydrogens (tertiary/aromatic N) is 3. The highest BCUT2D eigenvalue weighted by atomic mass is 32.2. The van der Waals surface area contributed by atoms with Crippen LogP contribution in [0.25, 0.3) is 17.0 Å². The predicted octanol–water partition coefficient (Wildman–Crippen LogP) is 6.57. The summed E-state index contributed by atoms with van der Waals surface area (Å²) in [7, 11) is 1.91. The zero-order valence-electron chi connectivity index (χ0n) is 24.5. The number of aryl methyl sites for hydroxylation is 1. The van der Waals surface area contributed by atoms with Gasteiger partial charge in [0.1, 0.15) is 5.57 Å². The molecule has 2 heterocycles. The summed E-state index contributed by atoms with van der Waals surface area (Å²) in [5, 5.41) is 4.15. The monoisotopic (exact) mass is 600 g/mol. The summed E-state index contributed by atoms with van der Waals surface area (Å²) in [5.41, 5.74) is 4.03. The molecule has 0 aliphatic carbocycles. The highest BCUT2D eigenvalue weighted by Crippen LogP contribution is 2.29. The molecular formula is C36H32N4O3S. The van der Waals surface area contributed by atoms with Gasteiger partial charge in [0.15, 0.2) is 5.17 Å². The Morgan fingerprint density at radius 1 is 0.977 bits per heavy atom. The first kappa shape index (κ1) is 30.3. The Kier molecular flexibility index (Phi) is 9.52. The molecule has 7 nitrogen and oxygen atoms in total. The van der Waals surface area contributed by atoms with E-state index >= 15 is 0 Å². The van der Waals surface area contributed by atoms with Gasteiger partial charge in [-0.05, 0) is 36.3 Å². The van der Waals surface area contributed by atoms with Crippen molar-refractivity contribution >= 4 is 51.6 Å². The van der Waals surface area contributed by atoms with E-state index in [9.17, 15) is 14.4 Å². The second kappa shape index (κ2) is 13.8. The number of carbonyl (C=O) groups is 3. The molecule has 1 aliphatic heterocycles. The SMILES string of the molecule is C=C/C=C\C(=C/C)N1C(=O)/C(=C/c2cn(C)c3ccccc23)C(=O)N=C1SCC(=O)NC(c1ccccc1)c1ccccc1. The van der Waals surface area contributed by atoms with Crippen LogP contribution in [0.2, 0.25) is 0 Å². The number of carbonyl (C=O) groups excluding carboxylic acids is 3. The van der Waals surface area contributed by atoms with Crippen molar-refractivity contribution in [3.8, 4) is 0 Å². The number of rotatable bonds is 9. The maximum absolute atomic E-state index is 14.0. The van der Waals surface area contributed by atoms with Crippen LogP contribution in [0.1, 0.15) is 29.7 Å². The zero-order valence-corrected chi connectivity index (χ0v) is 25.3. The van der Waals surface area contributed by atoms with Gasteiger partial charge in [0.05, 0.1) is 11.8 Å². The van der Waals surface area contributed by atoms with Crippen molar-refractivity contribution in [3.63, 3.8) is 0 Å². The lowest BCUT2D eigenvalue weighted by atomic mass is 9.99. The van der Waals surface area contributed by atoms with Crippen molar-refractivity contribution in [2.24, 2.45) is 12.0 Å². The number of para-hydroxylation sites is 1. The van der Waals surface area contributed by atoms with Crippen molar-refractivity contribution in [1.82, 2.24) is 14.8 Å². The molecule has 0 radical (unpaired) electrons. The summed E-state index contributed by atoms with van der Waals surface area (Å²) in [6.45, 7) is 5.52. The molecule has 8 heteroatoms. The zero-order chi connectivity index (χ0) is 31.1. The number of aromatic nitrogens is 1. The molecule has 1 aliphatic rings. The number of fused-ring (bicyclic) bond motifs is 1. The lowest BCUT2D eigenvalue weighted by molar-refractivity contribution is -0.126. The minimum atomic E-state index is -0.656. The molecule has 0 atom stereocenters. The van der Waals surface area contributed by atoms with E-state index in [0.717, 1.165) is 39.4 Å². The quantitative estimate of drug-likeness (QED) is 0.134. The minimum absolute atomic E-state index is 0.0589. The fraction of sp³-hybridized carbons (Fsp3) is 0.111. The average Bonchev–Trinajstić information content (AvgIpc) is 3.37. The molecule has 0 unspecified atom stereocenters. The number of aliphatic imine (C=N–C) groups is 1. The molecule has 1 N–H and O–H groups in total. The molecule has 0 saturated heterocycles. The molecular weight excluding hydrogens is 568 g/mol. The van der Waals surface area contributed by atoms with E-state index in [0.29, 0.717) is 5.70 Å². The van der Waals surface area contributed by atoms with E-state index in [-0.39, 0.29) is 28.4 Å². The van der Waals surface area contributed by atoms with E-state index in [4.69, 9.17) is 0 Å². The Hall–Kier alpha value is -5.21. The van der Waals surface area contributed by atoms with Gasteiger partial charge in [0.25, 0.3) is 11.8 Å². The van der Waals surface area contributed by atoms with E-state index in [1.54, 1.807) is 37.3 Å². The fourth-order valence-corrected chi connectivity index (χ4v) is 5.85. The van der Waals surface area contributed by atoms with Gasteiger partial charge in [-0.2, -0.15) is 4.99 Å². The maximum atomic E-state index is 14.0. The second-order valence-corrected chi connectivity index (χ2v) is 11.0. The van der Waals surface area contributed by atoms with Crippen molar-refractivity contribution in [3.05, 3.63) is 150 Å². The molecule has 3 amide bonds. The second-order valence-electron chi connectivity index (χ2n) is 10.0. The van der Waals surface area contributed by atoms with E-state index in [2.05, 4.69) is 16.9 Å². The van der Waals surface area contributed by atoms with Crippen LogP contribution in [0.5, 0.6) is 0 Å². The lowest BCUT2D eigenvalue weighted by Crippen LogP contribution is -2.42. The Balaban J connectivity index is 1.44. The van der Waals surface area contributed by atoms with Crippen LogP contribution in [0.15, 0.2) is 138 Å². The molecule has 0 spiro atoms. The van der Waals surface area contributed by atoms with Crippen LogP contribution in [0, 0.1) is 0 Å². The van der Waals surface area contributed by atoms with Crippen LogP contribution in [0.4, 0.5) is 0 Å². The molecule has 220 valence electrons. The number of amides is 3. The van der Waals surface area contributed by atoms with Gasteiger partial charge in [-0.15, -0.1) is 0 Å². The van der Waals surface area contributed by atoms with Crippen molar-refractivity contribution in [1.29, 1.82) is 0 Å². The van der Waals surface area contributed by atoms with E-state index in [1.807, 2.05) is 103 Å². The third-order valence-corrected chi connectivity index (χ3v) is 8.08. The molecule has 3 aromatic carbocycles. The van der Waals surface area contributed by atoms with Gasteiger partial charge in [-0.25, -0.2) is 0 Å². The topological polar surface area (TPSA) is 83.8 Å². The highest BCUT2D eigenvalue weighted by molar-refractivity contribution is 8.14. The van der Waals surface area contributed by atoms with Crippen LogP contribution in [-0.2, 0) is 21.4 Å². The maximum Gasteiger partial charge on any atom is 0.285 e. The third-order valence-electron chi connectivity index (χ3n) is 7.14. The first-order chi connectivity index (χ1) is 21.4. The summed E-state index contributed by atoms with van der Waals surface area (Å²) in [4.78, 5) is 46.3. The predicted molar refractivity (Wildman–Crippen MR) is 179 cm³/mol. The summed E-state index contributed by atoms with van der Waals surface area (Å²) in [6.07, 6.45) is 10.2. The first-order valence-electron chi connectivity index (χ1n) is 14.1. The first-order valence-corrected chi connectivity index (χ1v) is 15.1. The average molecular weight is 601 g/mol. The molecule has 0 fully saturated rings. The number of amidine groups is 1. The molecule has 5 rings (SSSR count). The van der Waals surface area contributed by atoms with Gasteiger partial charge in [-0.3, -0.25) is 19.3 Å². The lowest BCUT2D eigenvalue weighted by Gasteiger charge is -2.28. The van der Waals surface area contributed by atoms with Crippen LogP contribution in [0.3, 0.4) is 0 Å². The van der Waals surface area contributed by atoms with Crippen LogP contribution >= 0.6 is 11.8 Å². The number of hydrogen-bond donors (Lipinski definition) is 1. The summed E-state index contributed by atoms with van der Waals surface area (Å²) in [5.74, 6) is -1.50. The Morgan fingerprint density at radius 2 is 1.61 bits per heavy atom. The number of thioether (sulfide) groups is 1. The smallest absolute Gasteiger partial charge is 0.285 e. The summed E-state index contributed by atoms with van der Waals surface area (Å²) in [6, 6.07) is 26.8. The minimum Gasteiger partial charge on any atom is -0.350 e. The van der Waals surface area contributed by atoms with Crippen molar-refractivity contribution in [2.75, 3.05) is 5.75 Å². The van der Waals surface area contributed by atoms with Crippen LogP contribution < -0.4 is 5.32 Å². The Labute approximate surface area is 261 Å². The number of allylic oxidation sites excluding steroid dienone is 4. The van der Waals surface area contributed by atoms with Crippen molar-refractivity contribution in [2.45, 2.75) is 13.0 Å². The van der Waals surface area contributed by atoms with E-state index < -0.39 is 11.8 Å². The molecule has 1 aromatic heterocycles. The Bertz CT molecular complexity index is 1800. The number of benzene rings is 3. The summed E-state index contributed by atoms with van der Waals surface area (Å²) < 4.78 is 1.95. The van der Waals surface area contributed by atoms with Gasteiger partial charge >= 0.3 is 0 Å². The van der Waals surface area contributed by atoms with E-state index in [1.165, 1.54) is 4.90 Å². The molecule has 4 aromatic rings. The number of hydrogen-bond acceptors (Lipinski definition) is 4. The summed E-state index contributed by atoms with van der Waals surface area (Å²) >= 11 is 1.04. The molecule has 44 heavy (non-hydrogen) atoms. The van der Waals surface area contributed by atoms with Gasteiger partial charge < -0.3 is 9.88 Å². The Morgan fingerprint density at radius 3 is 2.25 bits per heavy atom. The van der Waals surface area contributed by atoms with Gasteiger partial charge in [0.2, 0.25) is 5.91 Å². The third kappa shape index (κ3) is 6.55. The van der Waals surface area contributed by atoms with Crippen molar-refractivity contribution < 1.29 is 14.4 Å². The van der Waals surface area contributed by atoms with Gasteiger partial charge in [0, 0.05) is 35.4 Å². The standard InChI is InChI=1S/C36H32N4O3S/c1-4-6-19-28(5-2)40-35(43)30(22-27-23-39(3)31-21-14-13-20-29(27)31)34(42)38-36(40)44-24-32(41)37-33(25-15-9-7-10-16-25)26-17-11-8-12-18-26/h4-23,33H,1,24H2,2-3H3,(H,37,41)/b19-6-,28-5+,30-22+. The molecule has 0 saturated carbocycles. The highest BCUT2D eigenvalue weighted by Gasteiger charge is 2.35. The fourth-order valence-electron chi connectivity index (χ4n) is 5.04. The van der Waals surface area contributed by atoms with Gasteiger partial charge in [-0.1, -0.05) is 115 Å². The molecule has 0 bridgehead atoms. The van der Waals surface area contributed by atoms with Crippen LogP contribution in [-0.4, -0.2) is 38.1 Å².